The van der Waals surface area contributed by atoms with Crippen molar-refractivity contribution in [3.8, 4) is 0 Å². The van der Waals surface area contributed by atoms with Crippen LogP contribution < -0.4 is 5.32 Å². The van der Waals surface area contributed by atoms with Crippen LogP contribution in [0.15, 0.2) is 65.6 Å². The maximum Gasteiger partial charge on any atom is 0.293 e. The first kappa shape index (κ1) is 20.5. The summed E-state index contributed by atoms with van der Waals surface area (Å²) < 4.78 is 13.8. The van der Waals surface area contributed by atoms with Crippen LogP contribution in [-0.2, 0) is 9.59 Å². The van der Waals surface area contributed by atoms with Crippen LogP contribution in [0.25, 0.3) is 11.6 Å². The number of nitrogens with zero attached hydrogens (tertiary/aromatic N) is 1. The second-order valence-electron chi connectivity index (χ2n) is 6.34. The lowest BCUT2D eigenvalue weighted by Crippen LogP contribution is -2.36. The number of carbonyl (C=O) groups is 3. The first-order valence-corrected chi connectivity index (χ1v) is 9.79. The molecule has 0 aromatic heterocycles. The second kappa shape index (κ2) is 9.34. The summed E-state index contributed by atoms with van der Waals surface area (Å²) in [6.07, 6.45) is 2.84. The summed E-state index contributed by atoms with van der Waals surface area (Å²) in [6, 6.07) is 15.5. The number of carbonyl (C=O) groups excluding carboxylic acids is 3. The number of rotatable bonds is 6. The molecule has 0 radical (unpaired) electrons. The average Bonchev–Trinajstić information content (AvgIpc) is 2.97. The minimum absolute atomic E-state index is 0.0449. The summed E-state index contributed by atoms with van der Waals surface area (Å²) in [5, 5.41) is 2.23. The topological polar surface area (TPSA) is 66.5 Å². The third kappa shape index (κ3) is 5.20. The van der Waals surface area contributed by atoms with Gasteiger partial charge in [-0.25, -0.2) is 4.39 Å². The fraction of sp³-hybridized carbons (Fsp3) is 0.136. The minimum atomic E-state index is -0.492. The van der Waals surface area contributed by atoms with E-state index in [1.807, 2.05) is 37.3 Å². The van der Waals surface area contributed by atoms with E-state index in [0.29, 0.717) is 0 Å². The van der Waals surface area contributed by atoms with Gasteiger partial charge in [0, 0.05) is 24.7 Å². The molecule has 1 N–H and O–H groups in total. The van der Waals surface area contributed by atoms with Crippen molar-refractivity contribution < 1.29 is 18.8 Å². The lowest BCUT2D eigenvalue weighted by atomic mass is 10.1. The Kier molecular flexibility index (Phi) is 6.61. The van der Waals surface area contributed by atoms with Gasteiger partial charge in [0.1, 0.15) is 5.82 Å². The Labute approximate surface area is 172 Å². The summed E-state index contributed by atoms with van der Waals surface area (Å²) in [7, 11) is 0. The Bertz CT molecular complexity index is 1000. The maximum atomic E-state index is 13.8. The molecule has 1 saturated heterocycles. The van der Waals surface area contributed by atoms with Gasteiger partial charge >= 0.3 is 0 Å². The Morgan fingerprint density at radius 1 is 1.10 bits per heavy atom. The molecule has 0 spiro atoms. The van der Waals surface area contributed by atoms with Gasteiger partial charge in [-0.15, -0.1) is 0 Å². The zero-order valence-electron chi connectivity index (χ0n) is 15.7. The van der Waals surface area contributed by atoms with Crippen LogP contribution in [0.3, 0.4) is 0 Å². The SMILES string of the molecule is C/C(=C/C(=O)NCCN1C(=O)S/C(=C/c2ccccc2F)C1=O)c1ccccc1. The highest BCUT2D eigenvalue weighted by atomic mass is 32.2. The summed E-state index contributed by atoms with van der Waals surface area (Å²) in [6.45, 7) is 2.00. The van der Waals surface area contributed by atoms with Crippen LogP contribution in [0, 0.1) is 5.82 Å². The van der Waals surface area contributed by atoms with E-state index in [2.05, 4.69) is 5.32 Å². The number of halogens is 1. The molecule has 2 aromatic rings. The van der Waals surface area contributed by atoms with Crippen LogP contribution in [0.2, 0.25) is 0 Å². The van der Waals surface area contributed by atoms with Gasteiger partial charge < -0.3 is 5.32 Å². The van der Waals surface area contributed by atoms with E-state index >= 15 is 0 Å². The van der Waals surface area contributed by atoms with Gasteiger partial charge in [0.05, 0.1) is 4.91 Å². The number of hydrogen-bond donors (Lipinski definition) is 1. The molecule has 3 rings (SSSR count). The number of benzene rings is 2. The van der Waals surface area contributed by atoms with E-state index in [0.717, 1.165) is 27.8 Å². The molecule has 148 valence electrons. The average molecular weight is 410 g/mol. The monoisotopic (exact) mass is 410 g/mol. The predicted molar refractivity (Wildman–Crippen MR) is 112 cm³/mol. The number of amides is 3. The van der Waals surface area contributed by atoms with Gasteiger partial charge in [0.2, 0.25) is 5.91 Å². The summed E-state index contributed by atoms with van der Waals surface area (Å²) in [5.74, 6) is -1.26. The molecule has 7 heteroatoms. The predicted octanol–water partition coefficient (Wildman–Crippen LogP) is 4.08. The third-order valence-electron chi connectivity index (χ3n) is 4.28. The molecule has 29 heavy (non-hydrogen) atoms. The van der Waals surface area contributed by atoms with Gasteiger partial charge in [-0.1, -0.05) is 48.5 Å². The molecule has 1 aliphatic heterocycles. The van der Waals surface area contributed by atoms with E-state index in [1.165, 1.54) is 24.3 Å². The molecule has 0 bridgehead atoms. The van der Waals surface area contributed by atoms with Crippen molar-refractivity contribution in [1.82, 2.24) is 10.2 Å². The lowest BCUT2D eigenvalue weighted by molar-refractivity contribution is -0.123. The normalized spacial score (nSPS) is 15.9. The van der Waals surface area contributed by atoms with Crippen LogP contribution in [0.1, 0.15) is 18.1 Å². The fourth-order valence-electron chi connectivity index (χ4n) is 2.75. The Balaban J connectivity index is 1.57. The molecule has 0 aliphatic carbocycles. The first-order chi connectivity index (χ1) is 14.0. The van der Waals surface area contributed by atoms with E-state index in [1.54, 1.807) is 12.1 Å². The van der Waals surface area contributed by atoms with Gasteiger partial charge in [0.15, 0.2) is 0 Å². The zero-order valence-corrected chi connectivity index (χ0v) is 16.5. The number of allylic oxidation sites excluding steroid dienone is 1. The Hall–Kier alpha value is -3.19. The van der Waals surface area contributed by atoms with E-state index in [4.69, 9.17) is 0 Å². The van der Waals surface area contributed by atoms with Gasteiger partial charge in [-0.3, -0.25) is 19.3 Å². The van der Waals surface area contributed by atoms with Crippen LogP contribution in [-0.4, -0.2) is 35.0 Å². The molecule has 1 fully saturated rings. The van der Waals surface area contributed by atoms with Crippen LogP contribution in [0.5, 0.6) is 0 Å². The molecule has 0 atom stereocenters. The van der Waals surface area contributed by atoms with E-state index < -0.39 is 17.0 Å². The smallest absolute Gasteiger partial charge is 0.293 e. The fourth-order valence-corrected chi connectivity index (χ4v) is 3.61. The highest BCUT2D eigenvalue weighted by Gasteiger charge is 2.34. The van der Waals surface area contributed by atoms with Crippen molar-refractivity contribution in [3.63, 3.8) is 0 Å². The standard InChI is InChI=1S/C22H19FN2O3S/c1-15(16-7-3-2-4-8-16)13-20(26)24-11-12-25-21(27)19(29-22(25)28)14-17-9-5-6-10-18(17)23/h2-10,13-14H,11-12H2,1H3,(H,24,26)/b15-13-,19-14+. The Morgan fingerprint density at radius 2 is 1.79 bits per heavy atom. The number of thioether (sulfide) groups is 1. The van der Waals surface area contributed by atoms with E-state index in [9.17, 15) is 18.8 Å². The van der Waals surface area contributed by atoms with Gasteiger partial charge in [-0.05, 0) is 42.0 Å². The molecule has 0 unspecified atom stereocenters. The van der Waals surface area contributed by atoms with Gasteiger partial charge in [-0.2, -0.15) is 0 Å². The molecule has 5 nitrogen and oxygen atoms in total. The summed E-state index contributed by atoms with van der Waals surface area (Å²) in [4.78, 5) is 37.8. The Morgan fingerprint density at radius 3 is 2.52 bits per heavy atom. The zero-order chi connectivity index (χ0) is 20.8. The maximum absolute atomic E-state index is 13.8. The summed E-state index contributed by atoms with van der Waals surface area (Å²) >= 11 is 0.759. The third-order valence-corrected chi connectivity index (χ3v) is 5.18. The molecule has 3 amide bonds. The molecule has 2 aromatic carbocycles. The number of imide groups is 1. The highest BCUT2D eigenvalue weighted by Crippen LogP contribution is 2.32. The summed E-state index contributed by atoms with van der Waals surface area (Å²) in [5.41, 5.74) is 1.99. The van der Waals surface area contributed by atoms with Crippen molar-refractivity contribution in [2.24, 2.45) is 0 Å². The van der Waals surface area contributed by atoms with Crippen molar-refractivity contribution in [1.29, 1.82) is 0 Å². The van der Waals surface area contributed by atoms with Crippen molar-refractivity contribution in [2.45, 2.75) is 6.92 Å². The van der Waals surface area contributed by atoms with Crippen molar-refractivity contribution in [2.75, 3.05) is 13.1 Å². The lowest BCUT2D eigenvalue weighted by Gasteiger charge is -2.12. The molecule has 1 heterocycles. The van der Waals surface area contributed by atoms with E-state index in [-0.39, 0.29) is 29.5 Å². The molecular weight excluding hydrogens is 391 g/mol. The van der Waals surface area contributed by atoms with Crippen molar-refractivity contribution in [3.05, 3.63) is 82.5 Å². The van der Waals surface area contributed by atoms with Crippen LogP contribution in [0.4, 0.5) is 9.18 Å². The quantitative estimate of drug-likeness (QED) is 0.729. The largest absolute Gasteiger partial charge is 0.351 e. The van der Waals surface area contributed by atoms with Crippen LogP contribution >= 0.6 is 11.8 Å². The molecular formula is C22H19FN2O3S. The van der Waals surface area contributed by atoms with Crippen molar-refractivity contribution >= 4 is 40.5 Å². The number of nitrogens with one attached hydrogen (secondary N) is 1. The minimum Gasteiger partial charge on any atom is -0.351 e. The second-order valence-corrected chi connectivity index (χ2v) is 7.33. The molecule has 0 saturated carbocycles. The number of hydrogen-bond acceptors (Lipinski definition) is 4. The first-order valence-electron chi connectivity index (χ1n) is 8.97. The van der Waals surface area contributed by atoms with Gasteiger partial charge in [0.25, 0.3) is 11.1 Å². The highest BCUT2D eigenvalue weighted by molar-refractivity contribution is 8.18. The molecule has 1 aliphatic rings.